The van der Waals surface area contributed by atoms with Crippen LogP contribution in [0.4, 0.5) is 0 Å². The maximum Gasteiger partial charge on any atom is 0.0637 e. The molecule has 2 unspecified atom stereocenters. The molecule has 1 fully saturated rings. The van der Waals surface area contributed by atoms with Gasteiger partial charge in [0.05, 0.1) is 10.0 Å². The second-order valence-corrected chi connectivity index (χ2v) is 6.50. The lowest BCUT2D eigenvalue weighted by Gasteiger charge is -2.29. The van der Waals surface area contributed by atoms with Crippen LogP contribution in [0, 0.1) is 0 Å². The summed E-state index contributed by atoms with van der Waals surface area (Å²) in [6, 6.07) is 7.06. The van der Waals surface area contributed by atoms with E-state index in [0.29, 0.717) is 22.1 Å². The fourth-order valence-corrected chi connectivity index (χ4v) is 3.24. The minimum absolute atomic E-state index is 0.569. The van der Waals surface area contributed by atoms with Gasteiger partial charge in [-0.1, -0.05) is 48.7 Å². The Balaban J connectivity index is 2.10. The molecule has 20 heavy (non-hydrogen) atoms. The second kappa shape index (κ2) is 7.65. The fraction of sp³-hybridized carbons (Fsp3) is 0.625. The van der Waals surface area contributed by atoms with Gasteiger partial charge >= 0.3 is 0 Å². The molecule has 2 atom stereocenters. The third-order valence-corrected chi connectivity index (χ3v) is 4.97. The maximum atomic E-state index is 6.32. The van der Waals surface area contributed by atoms with Gasteiger partial charge in [-0.15, -0.1) is 0 Å². The van der Waals surface area contributed by atoms with E-state index in [2.05, 4.69) is 30.1 Å². The second-order valence-electron chi connectivity index (χ2n) is 5.72. The van der Waals surface area contributed by atoms with Crippen LogP contribution in [-0.4, -0.2) is 30.1 Å². The molecule has 1 heterocycles. The number of benzene rings is 1. The third kappa shape index (κ3) is 4.11. The van der Waals surface area contributed by atoms with Gasteiger partial charge in [0.25, 0.3) is 0 Å². The molecule has 2 rings (SSSR count). The molecule has 1 aliphatic rings. The molecule has 1 aliphatic heterocycles. The van der Waals surface area contributed by atoms with Crippen molar-refractivity contribution >= 4 is 23.2 Å². The van der Waals surface area contributed by atoms with Crippen LogP contribution >= 0.6 is 23.2 Å². The summed E-state index contributed by atoms with van der Waals surface area (Å²) in [7, 11) is 0. The Labute approximate surface area is 132 Å². The van der Waals surface area contributed by atoms with Crippen molar-refractivity contribution in [3.63, 3.8) is 0 Å². The Morgan fingerprint density at radius 1 is 1.35 bits per heavy atom. The van der Waals surface area contributed by atoms with E-state index in [4.69, 9.17) is 23.2 Å². The summed E-state index contributed by atoms with van der Waals surface area (Å²) in [6.07, 6.45) is 3.63. The summed E-state index contributed by atoms with van der Waals surface area (Å²) in [6.45, 7) is 7.61. The highest BCUT2D eigenvalue weighted by atomic mass is 35.5. The van der Waals surface area contributed by atoms with Gasteiger partial charge in [0.15, 0.2) is 0 Å². The lowest BCUT2D eigenvalue weighted by atomic mass is 10.1. The predicted molar refractivity (Wildman–Crippen MR) is 87.6 cm³/mol. The lowest BCUT2D eigenvalue weighted by molar-refractivity contribution is 0.193. The molecule has 0 aromatic heterocycles. The van der Waals surface area contributed by atoms with Gasteiger partial charge in [-0.05, 0) is 37.9 Å². The molecule has 4 heteroatoms. The third-order valence-electron chi connectivity index (χ3n) is 4.12. The van der Waals surface area contributed by atoms with E-state index >= 15 is 0 Å². The number of hydrogen-bond acceptors (Lipinski definition) is 2. The molecule has 0 bridgehead atoms. The Bertz CT molecular complexity index is 436. The van der Waals surface area contributed by atoms with E-state index in [1.807, 2.05) is 12.1 Å². The summed E-state index contributed by atoms with van der Waals surface area (Å²) in [5.41, 5.74) is 1.13. The van der Waals surface area contributed by atoms with Crippen molar-refractivity contribution in [2.24, 2.45) is 0 Å². The molecule has 0 spiro atoms. The molecule has 1 aromatic rings. The zero-order valence-electron chi connectivity index (χ0n) is 12.3. The summed E-state index contributed by atoms with van der Waals surface area (Å²) in [5, 5.41) is 5.00. The summed E-state index contributed by atoms with van der Waals surface area (Å²) in [5.74, 6) is 0. The molecule has 0 saturated carbocycles. The van der Waals surface area contributed by atoms with Crippen LogP contribution in [0.1, 0.15) is 38.7 Å². The number of rotatable bonds is 4. The van der Waals surface area contributed by atoms with Gasteiger partial charge in [0, 0.05) is 25.2 Å². The fourth-order valence-electron chi connectivity index (χ4n) is 2.86. The summed E-state index contributed by atoms with van der Waals surface area (Å²) >= 11 is 12.4. The first-order valence-corrected chi connectivity index (χ1v) is 8.27. The molecule has 0 radical (unpaired) electrons. The average Bonchev–Trinajstić information content (AvgIpc) is 2.58. The summed E-state index contributed by atoms with van der Waals surface area (Å²) < 4.78 is 0. The molecule has 112 valence electrons. The van der Waals surface area contributed by atoms with Gasteiger partial charge in [-0.2, -0.15) is 0 Å². The van der Waals surface area contributed by atoms with Crippen LogP contribution in [0.5, 0.6) is 0 Å². The molecule has 2 nitrogen and oxygen atoms in total. The monoisotopic (exact) mass is 314 g/mol. The Morgan fingerprint density at radius 2 is 2.15 bits per heavy atom. The van der Waals surface area contributed by atoms with Crippen LogP contribution in [0.25, 0.3) is 0 Å². The van der Waals surface area contributed by atoms with Crippen molar-refractivity contribution in [2.45, 2.75) is 51.7 Å². The van der Waals surface area contributed by atoms with E-state index in [-0.39, 0.29) is 0 Å². The van der Waals surface area contributed by atoms with Gasteiger partial charge in [0.2, 0.25) is 0 Å². The first-order valence-electron chi connectivity index (χ1n) is 7.52. The number of nitrogens with one attached hydrogen (secondary N) is 1. The highest BCUT2D eigenvalue weighted by molar-refractivity contribution is 6.42. The van der Waals surface area contributed by atoms with E-state index in [1.54, 1.807) is 0 Å². The Morgan fingerprint density at radius 3 is 2.90 bits per heavy atom. The molecule has 1 N–H and O–H groups in total. The predicted octanol–water partition coefficient (Wildman–Crippen LogP) is 4.35. The smallest absolute Gasteiger partial charge is 0.0637 e. The first-order chi connectivity index (χ1) is 9.61. The van der Waals surface area contributed by atoms with E-state index in [1.165, 1.54) is 19.3 Å². The van der Waals surface area contributed by atoms with Crippen molar-refractivity contribution in [1.82, 2.24) is 10.2 Å². The maximum absolute atomic E-state index is 6.32. The van der Waals surface area contributed by atoms with Gasteiger partial charge in [-0.3, -0.25) is 4.90 Å². The number of hydrogen-bond donors (Lipinski definition) is 1. The minimum atomic E-state index is 0.569. The van der Waals surface area contributed by atoms with Crippen molar-refractivity contribution < 1.29 is 0 Å². The Hall–Kier alpha value is -0.280. The van der Waals surface area contributed by atoms with E-state index in [9.17, 15) is 0 Å². The van der Waals surface area contributed by atoms with Crippen molar-refractivity contribution in [1.29, 1.82) is 0 Å². The lowest BCUT2D eigenvalue weighted by Crippen LogP contribution is -2.39. The molecule has 0 aliphatic carbocycles. The number of nitrogens with zero attached hydrogens (tertiary/aromatic N) is 1. The van der Waals surface area contributed by atoms with E-state index in [0.717, 1.165) is 25.2 Å². The average molecular weight is 315 g/mol. The quantitative estimate of drug-likeness (QED) is 0.889. The molecule has 1 saturated heterocycles. The van der Waals surface area contributed by atoms with Gasteiger partial charge < -0.3 is 5.32 Å². The Kier molecular flexibility index (Phi) is 6.16. The van der Waals surface area contributed by atoms with Gasteiger partial charge in [-0.25, -0.2) is 0 Å². The van der Waals surface area contributed by atoms with Crippen molar-refractivity contribution in [3.8, 4) is 0 Å². The van der Waals surface area contributed by atoms with Gasteiger partial charge in [0.1, 0.15) is 0 Å². The van der Waals surface area contributed by atoms with Crippen LogP contribution in [0.2, 0.25) is 10.0 Å². The highest BCUT2D eigenvalue weighted by Crippen LogP contribution is 2.27. The first kappa shape index (κ1) is 16.1. The van der Waals surface area contributed by atoms with Crippen molar-refractivity contribution in [2.75, 3.05) is 13.1 Å². The minimum Gasteiger partial charge on any atom is -0.313 e. The summed E-state index contributed by atoms with van der Waals surface area (Å²) in [4.78, 5) is 2.53. The van der Waals surface area contributed by atoms with Crippen molar-refractivity contribution in [3.05, 3.63) is 33.8 Å². The highest BCUT2D eigenvalue weighted by Gasteiger charge is 2.23. The van der Waals surface area contributed by atoms with E-state index < -0.39 is 0 Å². The zero-order chi connectivity index (χ0) is 14.5. The zero-order valence-corrected chi connectivity index (χ0v) is 13.8. The van der Waals surface area contributed by atoms with Crippen LogP contribution in [0.3, 0.4) is 0 Å². The SMILES string of the molecule is CCCC1CN(Cc2cccc(Cl)c2Cl)C(C)CCN1. The molecule has 0 amide bonds. The standard InChI is InChI=1S/C16H24Cl2N2/c1-3-5-14-11-20(12(2)8-9-19-14)10-13-6-4-7-15(17)16(13)18/h4,6-7,12,14,19H,3,5,8-11H2,1-2H3. The topological polar surface area (TPSA) is 15.3 Å². The molecular weight excluding hydrogens is 291 g/mol. The normalized spacial score (nSPS) is 24.6. The largest absolute Gasteiger partial charge is 0.313 e. The number of halogens is 2. The van der Waals surface area contributed by atoms with Crippen LogP contribution < -0.4 is 5.32 Å². The van der Waals surface area contributed by atoms with Crippen LogP contribution in [0.15, 0.2) is 18.2 Å². The molecular formula is C16H24Cl2N2. The van der Waals surface area contributed by atoms with Crippen LogP contribution in [-0.2, 0) is 6.54 Å². The molecule has 1 aromatic carbocycles.